The van der Waals surface area contributed by atoms with Crippen molar-refractivity contribution >= 4 is 34.2 Å². The third-order valence-corrected chi connectivity index (χ3v) is 5.98. The Balaban J connectivity index is 2.24. The number of carbonyl (C=O) groups excluding carboxylic acids is 3. The molecule has 0 aliphatic rings. The number of amides is 1. The van der Waals surface area contributed by atoms with Crippen LogP contribution in [0.1, 0.15) is 79.6 Å². The van der Waals surface area contributed by atoms with Crippen LogP contribution in [0.15, 0.2) is 24.3 Å². The molecule has 1 aromatic heterocycles. The van der Waals surface area contributed by atoms with Crippen LogP contribution < -0.4 is 10.1 Å². The smallest absolute Gasteiger partial charge is 0.348 e. The number of hydrogen-bond acceptors (Lipinski definition) is 7. The molecule has 1 atom stereocenters. The maximum Gasteiger partial charge on any atom is 0.348 e. The van der Waals surface area contributed by atoms with Gasteiger partial charge in [0, 0.05) is 0 Å². The Morgan fingerprint density at radius 3 is 2.15 bits per heavy atom. The summed E-state index contributed by atoms with van der Waals surface area (Å²) in [6, 6.07) is 7.58. The highest BCUT2D eigenvalue weighted by Crippen LogP contribution is 2.35. The number of thiophene rings is 1. The molecule has 180 valence electrons. The van der Waals surface area contributed by atoms with Crippen LogP contribution in [0, 0.1) is 6.92 Å². The lowest BCUT2D eigenvalue weighted by Gasteiger charge is -2.20. The van der Waals surface area contributed by atoms with Gasteiger partial charge in [0.25, 0.3) is 5.91 Å². The third-order valence-electron chi connectivity index (χ3n) is 4.79. The monoisotopic (exact) mass is 475 g/mol. The second-order valence-corrected chi connectivity index (χ2v) is 9.98. The molecule has 0 aliphatic heterocycles. The first kappa shape index (κ1) is 26.4. The molecule has 0 radical (unpaired) electrons. The number of esters is 2. The maximum atomic E-state index is 12.8. The molecule has 0 spiro atoms. The SMILES string of the molecule is CCOC(=O)c1c(NC(=O)C(C)Oc2ccc(C(C)(C)C)cc2)sc(C(=O)OC(C)C)c1C. The van der Waals surface area contributed by atoms with Gasteiger partial charge in [-0.2, -0.15) is 0 Å². The molecule has 1 unspecified atom stereocenters. The van der Waals surface area contributed by atoms with E-state index in [9.17, 15) is 14.4 Å². The number of anilines is 1. The quantitative estimate of drug-likeness (QED) is 0.507. The molecule has 8 heteroatoms. The zero-order chi connectivity index (χ0) is 24.9. The van der Waals surface area contributed by atoms with E-state index < -0.39 is 23.9 Å². The van der Waals surface area contributed by atoms with Crippen molar-refractivity contribution in [1.82, 2.24) is 0 Å². The lowest BCUT2D eigenvalue weighted by atomic mass is 9.87. The van der Waals surface area contributed by atoms with Gasteiger partial charge in [-0.1, -0.05) is 32.9 Å². The molecule has 0 saturated heterocycles. The number of nitrogens with one attached hydrogen (secondary N) is 1. The summed E-state index contributed by atoms with van der Waals surface area (Å²) in [5, 5.41) is 2.95. The number of rotatable bonds is 8. The van der Waals surface area contributed by atoms with E-state index in [1.807, 2.05) is 24.3 Å². The fraction of sp³-hybridized carbons (Fsp3) is 0.480. The van der Waals surface area contributed by atoms with Gasteiger partial charge in [-0.25, -0.2) is 9.59 Å². The number of benzene rings is 1. The molecule has 0 bridgehead atoms. The predicted molar refractivity (Wildman–Crippen MR) is 129 cm³/mol. The van der Waals surface area contributed by atoms with Crippen molar-refractivity contribution in [3.8, 4) is 5.75 Å². The standard InChI is InChI=1S/C25H33NO6S/c1-9-30-23(28)19-15(4)20(24(29)31-14(2)3)33-22(19)26-21(27)16(5)32-18-12-10-17(11-13-18)25(6,7)8/h10-14,16H,9H2,1-8H3,(H,26,27). The van der Waals surface area contributed by atoms with Gasteiger partial charge >= 0.3 is 11.9 Å². The van der Waals surface area contributed by atoms with Crippen LogP contribution in [0.2, 0.25) is 0 Å². The van der Waals surface area contributed by atoms with Crippen molar-refractivity contribution in [3.63, 3.8) is 0 Å². The second-order valence-electron chi connectivity index (χ2n) is 8.96. The largest absolute Gasteiger partial charge is 0.481 e. The summed E-state index contributed by atoms with van der Waals surface area (Å²) in [7, 11) is 0. The molecular formula is C25H33NO6S. The van der Waals surface area contributed by atoms with Crippen molar-refractivity contribution in [1.29, 1.82) is 0 Å². The average Bonchev–Trinajstić information content (AvgIpc) is 3.03. The summed E-state index contributed by atoms with van der Waals surface area (Å²) in [6.45, 7) is 14.9. The van der Waals surface area contributed by atoms with E-state index in [0.29, 0.717) is 11.3 Å². The molecular weight excluding hydrogens is 442 g/mol. The number of ether oxygens (including phenoxy) is 3. The first-order valence-electron chi connectivity index (χ1n) is 10.9. The van der Waals surface area contributed by atoms with E-state index in [1.165, 1.54) is 0 Å². The maximum absolute atomic E-state index is 12.8. The summed E-state index contributed by atoms with van der Waals surface area (Å²) < 4.78 is 16.2. The minimum atomic E-state index is -0.839. The van der Waals surface area contributed by atoms with E-state index in [2.05, 4.69) is 26.1 Å². The molecule has 1 heterocycles. The summed E-state index contributed by atoms with van der Waals surface area (Å²) in [6.07, 6.45) is -1.16. The Kier molecular flexibility index (Phi) is 8.66. The zero-order valence-electron chi connectivity index (χ0n) is 20.5. The lowest BCUT2D eigenvalue weighted by Crippen LogP contribution is -2.30. The Hall–Kier alpha value is -2.87. The summed E-state index contributed by atoms with van der Waals surface area (Å²) in [5.41, 5.74) is 1.72. The molecule has 1 aromatic carbocycles. The van der Waals surface area contributed by atoms with Crippen LogP contribution in [-0.2, 0) is 19.7 Å². The van der Waals surface area contributed by atoms with Crippen molar-refractivity contribution in [2.45, 2.75) is 73.0 Å². The van der Waals surface area contributed by atoms with E-state index >= 15 is 0 Å². The molecule has 0 aliphatic carbocycles. The van der Waals surface area contributed by atoms with Crippen molar-refractivity contribution in [2.75, 3.05) is 11.9 Å². The van der Waals surface area contributed by atoms with E-state index in [4.69, 9.17) is 14.2 Å². The topological polar surface area (TPSA) is 90.9 Å². The van der Waals surface area contributed by atoms with Gasteiger partial charge in [-0.05, 0) is 63.3 Å². The third kappa shape index (κ3) is 6.81. The van der Waals surface area contributed by atoms with Crippen LogP contribution in [0.3, 0.4) is 0 Å². The van der Waals surface area contributed by atoms with Crippen LogP contribution in [-0.4, -0.2) is 36.7 Å². The lowest BCUT2D eigenvalue weighted by molar-refractivity contribution is -0.122. The predicted octanol–water partition coefficient (Wildman–Crippen LogP) is 5.50. The number of carbonyl (C=O) groups is 3. The van der Waals surface area contributed by atoms with E-state index in [1.54, 1.807) is 34.6 Å². The molecule has 2 rings (SSSR count). The minimum Gasteiger partial charge on any atom is -0.481 e. The second kappa shape index (κ2) is 10.8. The molecule has 0 fully saturated rings. The van der Waals surface area contributed by atoms with Gasteiger partial charge < -0.3 is 19.5 Å². The van der Waals surface area contributed by atoms with Gasteiger partial charge in [-0.3, -0.25) is 4.79 Å². The summed E-state index contributed by atoms with van der Waals surface area (Å²) in [4.78, 5) is 38.1. The fourth-order valence-corrected chi connectivity index (χ4v) is 4.10. The van der Waals surface area contributed by atoms with Crippen LogP contribution >= 0.6 is 11.3 Å². The average molecular weight is 476 g/mol. The fourth-order valence-electron chi connectivity index (χ4n) is 3.02. The first-order chi connectivity index (χ1) is 15.3. The molecule has 33 heavy (non-hydrogen) atoms. The summed E-state index contributed by atoms with van der Waals surface area (Å²) in [5.74, 6) is -1.07. The summed E-state index contributed by atoms with van der Waals surface area (Å²) >= 11 is 0.984. The highest BCUT2D eigenvalue weighted by molar-refractivity contribution is 7.18. The Morgan fingerprint density at radius 2 is 1.64 bits per heavy atom. The zero-order valence-corrected chi connectivity index (χ0v) is 21.3. The molecule has 0 saturated carbocycles. The Morgan fingerprint density at radius 1 is 1.03 bits per heavy atom. The van der Waals surface area contributed by atoms with Crippen molar-refractivity contribution in [2.24, 2.45) is 0 Å². The normalized spacial score (nSPS) is 12.3. The van der Waals surface area contributed by atoms with Crippen LogP contribution in [0.4, 0.5) is 5.00 Å². The van der Waals surface area contributed by atoms with E-state index in [-0.39, 0.29) is 33.6 Å². The van der Waals surface area contributed by atoms with Gasteiger partial charge in [0.1, 0.15) is 15.6 Å². The van der Waals surface area contributed by atoms with Gasteiger partial charge in [0.05, 0.1) is 18.3 Å². The van der Waals surface area contributed by atoms with Crippen LogP contribution in [0.5, 0.6) is 5.75 Å². The van der Waals surface area contributed by atoms with Gasteiger partial charge in [0.15, 0.2) is 6.10 Å². The minimum absolute atomic E-state index is 0.0104. The molecule has 2 aromatic rings. The highest BCUT2D eigenvalue weighted by atomic mass is 32.1. The molecule has 1 N–H and O–H groups in total. The molecule has 7 nitrogen and oxygen atoms in total. The Labute approximate surface area is 199 Å². The first-order valence-corrected chi connectivity index (χ1v) is 11.8. The van der Waals surface area contributed by atoms with Crippen molar-refractivity contribution < 1.29 is 28.6 Å². The van der Waals surface area contributed by atoms with E-state index in [0.717, 1.165) is 16.9 Å². The Bertz CT molecular complexity index is 1000. The van der Waals surface area contributed by atoms with Gasteiger partial charge in [-0.15, -0.1) is 11.3 Å². The van der Waals surface area contributed by atoms with Crippen molar-refractivity contribution in [3.05, 3.63) is 45.8 Å². The number of hydrogen-bond donors (Lipinski definition) is 1. The highest BCUT2D eigenvalue weighted by Gasteiger charge is 2.29. The van der Waals surface area contributed by atoms with Gasteiger partial charge in [0.2, 0.25) is 0 Å². The molecule has 1 amide bonds. The van der Waals surface area contributed by atoms with Crippen LogP contribution in [0.25, 0.3) is 0 Å².